The largest absolute Gasteiger partial charge is 0.349 e. The molecule has 1 aliphatic rings. The van der Waals surface area contributed by atoms with E-state index in [4.69, 9.17) is 0 Å². The van der Waals surface area contributed by atoms with Crippen LogP contribution >= 0.6 is 0 Å². The molecule has 0 spiro atoms. The zero-order valence-electron chi connectivity index (χ0n) is 14.7. The van der Waals surface area contributed by atoms with Crippen LogP contribution in [-0.2, 0) is 10.8 Å². The van der Waals surface area contributed by atoms with Gasteiger partial charge in [-0.05, 0) is 49.2 Å². The zero-order chi connectivity index (χ0) is 18.5. The van der Waals surface area contributed by atoms with Crippen LogP contribution in [0.2, 0.25) is 0 Å². The number of piperidine rings is 1. The van der Waals surface area contributed by atoms with Crippen LogP contribution in [0.4, 0.5) is 0 Å². The Morgan fingerprint density at radius 1 is 0.962 bits per heavy atom. The van der Waals surface area contributed by atoms with Crippen LogP contribution in [0.25, 0.3) is 0 Å². The number of amides is 2. The molecule has 0 saturated carbocycles. The highest BCUT2D eigenvalue weighted by molar-refractivity contribution is 7.84. The Morgan fingerprint density at radius 3 is 2.15 bits per heavy atom. The minimum atomic E-state index is -1.05. The van der Waals surface area contributed by atoms with Gasteiger partial charge in [0.2, 0.25) is 0 Å². The van der Waals surface area contributed by atoms with Crippen LogP contribution < -0.4 is 5.32 Å². The fraction of sp³-hybridized carbons (Fsp3) is 0.300. The van der Waals surface area contributed by atoms with E-state index in [0.717, 1.165) is 12.8 Å². The Bertz CT molecular complexity index is 798. The van der Waals surface area contributed by atoms with E-state index in [1.807, 2.05) is 23.1 Å². The molecule has 5 nitrogen and oxygen atoms in total. The van der Waals surface area contributed by atoms with E-state index in [9.17, 15) is 13.8 Å². The minimum Gasteiger partial charge on any atom is -0.349 e. The average molecular weight is 370 g/mol. The summed E-state index contributed by atoms with van der Waals surface area (Å²) in [7, 11) is -1.05. The summed E-state index contributed by atoms with van der Waals surface area (Å²) < 4.78 is 11.4. The van der Waals surface area contributed by atoms with Crippen LogP contribution in [-0.4, -0.2) is 46.3 Å². The number of nitrogens with one attached hydrogen (secondary N) is 1. The van der Waals surface area contributed by atoms with Gasteiger partial charge in [0.25, 0.3) is 11.8 Å². The van der Waals surface area contributed by atoms with Crippen molar-refractivity contribution in [3.63, 3.8) is 0 Å². The van der Waals surface area contributed by atoms with E-state index < -0.39 is 10.8 Å². The number of likely N-dealkylation sites (tertiary alicyclic amines) is 1. The predicted molar refractivity (Wildman–Crippen MR) is 102 cm³/mol. The standard InChI is InChI=1S/C20H22N2O3S/c1-26(25)18-9-7-16(8-10-18)20(24)22-13-11-17(12-14-22)21-19(23)15-5-3-2-4-6-15/h2-10,17H,11-14H2,1H3,(H,21,23). The van der Waals surface area contributed by atoms with Crippen molar-refractivity contribution in [2.24, 2.45) is 0 Å². The fourth-order valence-corrected chi connectivity index (χ4v) is 3.58. The van der Waals surface area contributed by atoms with Gasteiger partial charge in [-0.1, -0.05) is 18.2 Å². The molecule has 0 aliphatic carbocycles. The normalized spacial score (nSPS) is 16.1. The van der Waals surface area contributed by atoms with E-state index in [1.165, 1.54) is 0 Å². The van der Waals surface area contributed by atoms with Crippen molar-refractivity contribution in [2.45, 2.75) is 23.8 Å². The molecule has 1 heterocycles. The number of carbonyl (C=O) groups excluding carboxylic acids is 2. The number of carbonyl (C=O) groups is 2. The summed E-state index contributed by atoms with van der Waals surface area (Å²) >= 11 is 0. The second kappa shape index (κ2) is 8.27. The molecule has 2 amide bonds. The Kier molecular flexibility index (Phi) is 5.83. The van der Waals surface area contributed by atoms with Crippen LogP contribution in [0.15, 0.2) is 59.5 Å². The van der Waals surface area contributed by atoms with Gasteiger partial charge in [0.1, 0.15) is 0 Å². The first kappa shape index (κ1) is 18.3. The molecule has 3 rings (SSSR count). The van der Waals surface area contributed by atoms with Crippen molar-refractivity contribution >= 4 is 22.6 Å². The summed E-state index contributed by atoms with van der Waals surface area (Å²) in [6.07, 6.45) is 3.09. The number of benzene rings is 2. The highest BCUT2D eigenvalue weighted by Crippen LogP contribution is 2.16. The van der Waals surface area contributed by atoms with Crippen molar-refractivity contribution in [3.8, 4) is 0 Å². The first-order valence-electron chi connectivity index (χ1n) is 8.63. The molecule has 0 aromatic heterocycles. The molecule has 136 valence electrons. The van der Waals surface area contributed by atoms with Crippen LogP contribution in [0, 0.1) is 0 Å². The van der Waals surface area contributed by atoms with Crippen molar-refractivity contribution in [3.05, 3.63) is 65.7 Å². The molecule has 0 radical (unpaired) electrons. The van der Waals surface area contributed by atoms with Gasteiger partial charge in [-0.2, -0.15) is 0 Å². The molecule has 2 aromatic carbocycles. The molecule has 2 aromatic rings. The minimum absolute atomic E-state index is 0.0220. The Balaban J connectivity index is 1.54. The van der Waals surface area contributed by atoms with E-state index >= 15 is 0 Å². The number of hydrogen-bond donors (Lipinski definition) is 1. The van der Waals surface area contributed by atoms with E-state index in [1.54, 1.807) is 42.7 Å². The van der Waals surface area contributed by atoms with Gasteiger partial charge in [0, 0.05) is 52.2 Å². The highest BCUT2D eigenvalue weighted by Gasteiger charge is 2.24. The lowest BCUT2D eigenvalue weighted by Gasteiger charge is -2.32. The Labute approximate surface area is 155 Å². The first-order chi connectivity index (χ1) is 12.5. The van der Waals surface area contributed by atoms with E-state index in [-0.39, 0.29) is 17.9 Å². The van der Waals surface area contributed by atoms with Crippen LogP contribution in [0.1, 0.15) is 33.6 Å². The molecule has 1 fully saturated rings. The smallest absolute Gasteiger partial charge is 0.253 e. The molecular formula is C20H22N2O3S. The van der Waals surface area contributed by atoms with E-state index in [0.29, 0.717) is 29.1 Å². The number of hydrogen-bond acceptors (Lipinski definition) is 3. The molecule has 6 heteroatoms. The third kappa shape index (κ3) is 4.38. The third-order valence-electron chi connectivity index (χ3n) is 4.59. The quantitative estimate of drug-likeness (QED) is 0.899. The lowest BCUT2D eigenvalue weighted by Crippen LogP contribution is -2.46. The molecule has 26 heavy (non-hydrogen) atoms. The zero-order valence-corrected chi connectivity index (χ0v) is 15.5. The van der Waals surface area contributed by atoms with Gasteiger partial charge in [-0.15, -0.1) is 0 Å². The van der Waals surface area contributed by atoms with Gasteiger partial charge >= 0.3 is 0 Å². The summed E-state index contributed by atoms with van der Waals surface area (Å²) in [5.41, 5.74) is 1.25. The monoisotopic (exact) mass is 370 g/mol. The van der Waals surface area contributed by atoms with Crippen LogP contribution in [0.3, 0.4) is 0 Å². The highest BCUT2D eigenvalue weighted by atomic mass is 32.2. The summed E-state index contributed by atoms with van der Waals surface area (Å²) in [5.74, 6) is -0.0928. The predicted octanol–water partition coefficient (Wildman–Crippen LogP) is 2.46. The second-order valence-corrected chi connectivity index (χ2v) is 7.76. The SMILES string of the molecule is CS(=O)c1ccc(C(=O)N2CCC(NC(=O)c3ccccc3)CC2)cc1. The maximum absolute atomic E-state index is 12.6. The van der Waals surface area contributed by atoms with Gasteiger partial charge in [-0.25, -0.2) is 0 Å². The van der Waals surface area contributed by atoms with Gasteiger partial charge in [0.15, 0.2) is 0 Å². The molecule has 0 bridgehead atoms. The first-order valence-corrected chi connectivity index (χ1v) is 10.2. The number of rotatable bonds is 4. The topological polar surface area (TPSA) is 66.5 Å². The molecular weight excluding hydrogens is 348 g/mol. The summed E-state index contributed by atoms with van der Waals surface area (Å²) in [5, 5.41) is 3.04. The second-order valence-electron chi connectivity index (χ2n) is 6.38. The van der Waals surface area contributed by atoms with Crippen LogP contribution in [0.5, 0.6) is 0 Å². The van der Waals surface area contributed by atoms with Gasteiger partial charge in [0.05, 0.1) is 0 Å². The molecule has 1 saturated heterocycles. The van der Waals surface area contributed by atoms with Crippen molar-refractivity contribution < 1.29 is 13.8 Å². The maximum atomic E-state index is 12.6. The summed E-state index contributed by atoms with van der Waals surface area (Å²) in [6, 6.07) is 16.1. The van der Waals surface area contributed by atoms with Crippen molar-refractivity contribution in [2.75, 3.05) is 19.3 Å². The Morgan fingerprint density at radius 2 is 1.58 bits per heavy atom. The third-order valence-corrected chi connectivity index (χ3v) is 5.52. The van der Waals surface area contributed by atoms with E-state index in [2.05, 4.69) is 5.32 Å². The van der Waals surface area contributed by atoms with Crippen molar-refractivity contribution in [1.29, 1.82) is 0 Å². The van der Waals surface area contributed by atoms with Gasteiger partial charge in [-0.3, -0.25) is 13.8 Å². The lowest BCUT2D eigenvalue weighted by atomic mass is 10.0. The fourth-order valence-electron chi connectivity index (χ4n) is 3.06. The maximum Gasteiger partial charge on any atom is 0.253 e. The molecule has 1 atom stereocenters. The van der Waals surface area contributed by atoms with Gasteiger partial charge < -0.3 is 10.2 Å². The number of nitrogens with zero attached hydrogens (tertiary/aromatic N) is 1. The summed E-state index contributed by atoms with van der Waals surface area (Å²) in [6.45, 7) is 1.22. The molecule has 1 aliphatic heterocycles. The molecule has 1 unspecified atom stereocenters. The van der Waals surface area contributed by atoms with Crippen molar-refractivity contribution in [1.82, 2.24) is 10.2 Å². The lowest BCUT2D eigenvalue weighted by molar-refractivity contribution is 0.0698. The molecule has 1 N–H and O–H groups in total. The average Bonchev–Trinajstić information content (AvgIpc) is 2.69. The Hall–Kier alpha value is -2.47. The summed E-state index contributed by atoms with van der Waals surface area (Å²) in [4.78, 5) is 27.3.